The first-order valence-corrected chi connectivity index (χ1v) is 6.87. The molecule has 0 spiro atoms. The van der Waals surface area contributed by atoms with Gasteiger partial charge < -0.3 is 20.5 Å². The molecule has 7 nitrogen and oxygen atoms in total. The van der Waals surface area contributed by atoms with E-state index in [9.17, 15) is 9.59 Å². The Kier molecular flexibility index (Phi) is 3.57. The quantitative estimate of drug-likeness (QED) is 0.709. The van der Waals surface area contributed by atoms with Crippen LogP contribution in [0.2, 0.25) is 0 Å². The molecule has 3 N–H and O–H groups in total. The molecule has 0 saturated carbocycles. The summed E-state index contributed by atoms with van der Waals surface area (Å²) in [6, 6.07) is 4.84. The van der Waals surface area contributed by atoms with Gasteiger partial charge in [0.2, 0.25) is 5.91 Å². The van der Waals surface area contributed by atoms with Crippen LogP contribution in [0.4, 0.5) is 0 Å². The third-order valence-corrected chi connectivity index (χ3v) is 3.72. The summed E-state index contributed by atoms with van der Waals surface area (Å²) in [5.74, 6) is -0.292. The van der Waals surface area contributed by atoms with Gasteiger partial charge in [0, 0.05) is 32.2 Å². The van der Waals surface area contributed by atoms with E-state index in [1.807, 2.05) is 0 Å². The monoisotopic (exact) mass is 287 g/mol. The van der Waals surface area contributed by atoms with Crippen LogP contribution < -0.4 is 10.6 Å². The van der Waals surface area contributed by atoms with E-state index in [2.05, 4.69) is 20.6 Å². The molecule has 1 aliphatic rings. The minimum Gasteiger partial charge on any atom is -0.357 e. The third-order valence-electron chi connectivity index (χ3n) is 3.72. The summed E-state index contributed by atoms with van der Waals surface area (Å²) >= 11 is 0. The molecule has 1 saturated heterocycles. The number of likely N-dealkylation sites (N-methyl/N-ethyl adjacent to an activating group) is 1. The summed E-state index contributed by atoms with van der Waals surface area (Å²) < 4.78 is 0. The SMILES string of the molecule is CNC(=O)C1CNCCN1C(=O)c1ccc2nc[nH]c2c1. The maximum absolute atomic E-state index is 12.7. The Bertz CT molecular complexity index is 681. The first-order chi connectivity index (χ1) is 10.2. The lowest BCUT2D eigenvalue weighted by atomic mass is 10.1. The minimum atomic E-state index is -0.478. The van der Waals surface area contributed by atoms with E-state index in [1.165, 1.54) is 0 Å². The second-order valence-corrected chi connectivity index (χ2v) is 4.97. The smallest absolute Gasteiger partial charge is 0.254 e. The molecular formula is C14H17N5O2. The fraction of sp³-hybridized carbons (Fsp3) is 0.357. The second kappa shape index (κ2) is 5.53. The molecule has 0 aliphatic carbocycles. The molecule has 110 valence electrons. The van der Waals surface area contributed by atoms with Crippen LogP contribution in [0.3, 0.4) is 0 Å². The van der Waals surface area contributed by atoms with Crippen molar-refractivity contribution in [3.8, 4) is 0 Å². The first kappa shape index (κ1) is 13.6. The molecule has 3 rings (SSSR count). The van der Waals surface area contributed by atoms with E-state index in [0.717, 1.165) is 11.0 Å². The van der Waals surface area contributed by atoms with Crippen LogP contribution in [-0.2, 0) is 4.79 Å². The number of aromatic amines is 1. The average molecular weight is 287 g/mol. The number of fused-ring (bicyclic) bond motifs is 1. The standard InChI is InChI=1S/C14H17N5O2/c1-15-13(20)12-7-16-4-5-19(12)14(21)9-2-3-10-11(6-9)18-8-17-10/h2-3,6,8,12,16H,4-5,7H2,1H3,(H,15,20)(H,17,18). The van der Waals surface area contributed by atoms with Gasteiger partial charge in [0.1, 0.15) is 6.04 Å². The molecule has 2 amide bonds. The van der Waals surface area contributed by atoms with Crippen molar-refractivity contribution in [3.05, 3.63) is 30.1 Å². The first-order valence-electron chi connectivity index (χ1n) is 6.87. The number of hydrogen-bond acceptors (Lipinski definition) is 4. The number of H-pyrrole nitrogens is 1. The highest BCUT2D eigenvalue weighted by Crippen LogP contribution is 2.15. The van der Waals surface area contributed by atoms with Gasteiger partial charge in [-0.2, -0.15) is 0 Å². The maximum Gasteiger partial charge on any atom is 0.254 e. The average Bonchev–Trinajstić information content (AvgIpc) is 3.01. The molecule has 21 heavy (non-hydrogen) atoms. The Morgan fingerprint density at radius 1 is 1.43 bits per heavy atom. The number of hydrogen-bond donors (Lipinski definition) is 3. The van der Waals surface area contributed by atoms with E-state index >= 15 is 0 Å². The van der Waals surface area contributed by atoms with Gasteiger partial charge >= 0.3 is 0 Å². The lowest BCUT2D eigenvalue weighted by Gasteiger charge is -2.35. The number of amides is 2. The molecule has 1 unspecified atom stereocenters. The van der Waals surface area contributed by atoms with E-state index < -0.39 is 6.04 Å². The van der Waals surface area contributed by atoms with Gasteiger partial charge in [-0.1, -0.05) is 0 Å². The van der Waals surface area contributed by atoms with Crippen molar-refractivity contribution in [2.75, 3.05) is 26.7 Å². The predicted octanol–water partition coefficient (Wildman–Crippen LogP) is -0.277. The molecule has 1 aliphatic heterocycles. The number of carbonyl (C=O) groups is 2. The van der Waals surface area contributed by atoms with Gasteiger partial charge in [-0.25, -0.2) is 4.98 Å². The summed E-state index contributed by atoms with van der Waals surface area (Å²) in [7, 11) is 1.58. The highest BCUT2D eigenvalue weighted by Gasteiger charge is 2.32. The fourth-order valence-corrected chi connectivity index (χ4v) is 2.58. The van der Waals surface area contributed by atoms with E-state index in [0.29, 0.717) is 25.2 Å². The van der Waals surface area contributed by atoms with Crippen molar-refractivity contribution in [1.82, 2.24) is 25.5 Å². The van der Waals surface area contributed by atoms with E-state index in [1.54, 1.807) is 36.5 Å². The Hall–Kier alpha value is -2.41. The van der Waals surface area contributed by atoms with Crippen LogP contribution in [0.15, 0.2) is 24.5 Å². The lowest BCUT2D eigenvalue weighted by Crippen LogP contribution is -2.59. The lowest BCUT2D eigenvalue weighted by molar-refractivity contribution is -0.125. The largest absolute Gasteiger partial charge is 0.357 e. The third kappa shape index (κ3) is 2.47. The van der Waals surface area contributed by atoms with Gasteiger partial charge in [0.05, 0.1) is 17.4 Å². The maximum atomic E-state index is 12.7. The number of aromatic nitrogens is 2. The van der Waals surface area contributed by atoms with E-state index in [-0.39, 0.29) is 11.8 Å². The van der Waals surface area contributed by atoms with Crippen molar-refractivity contribution in [1.29, 1.82) is 0 Å². The Labute approximate surface area is 121 Å². The predicted molar refractivity (Wildman–Crippen MR) is 77.9 cm³/mol. The van der Waals surface area contributed by atoms with Crippen LogP contribution in [0.1, 0.15) is 10.4 Å². The van der Waals surface area contributed by atoms with Gasteiger partial charge in [-0.3, -0.25) is 9.59 Å². The Morgan fingerprint density at radius 2 is 2.29 bits per heavy atom. The van der Waals surface area contributed by atoms with Crippen molar-refractivity contribution in [2.45, 2.75) is 6.04 Å². The molecule has 2 heterocycles. The highest BCUT2D eigenvalue weighted by molar-refractivity contribution is 6.00. The van der Waals surface area contributed by atoms with Gasteiger partial charge in [-0.15, -0.1) is 0 Å². The normalized spacial score (nSPS) is 18.7. The van der Waals surface area contributed by atoms with E-state index in [4.69, 9.17) is 0 Å². The minimum absolute atomic E-state index is 0.137. The summed E-state index contributed by atoms with van der Waals surface area (Å²) in [5, 5.41) is 5.75. The van der Waals surface area contributed by atoms with Gasteiger partial charge in [0.15, 0.2) is 0 Å². The molecule has 1 atom stereocenters. The van der Waals surface area contributed by atoms with Crippen LogP contribution in [0, 0.1) is 0 Å². The number of imidazole rings is 1. The fourth-order valence-electron chi connectivity index (χ4n) is 2.58. The zero-order chi connectivity index (χ0) is 14.8. The topological polar surface area (TPSA) is 90.1 Å². The Morgan fingerprint density at radius 3 is 3.10 bits per heavy atom. The molecular weight excluding hydrogens is 270 g/mol. The van der Waals surface area contributed by atoms with Crippen molar-refractivity contribution in [2.24, 2.45) is 0 Å². The van der Waals surface area contributed by atoms with Crippen molar-refractivity contribution < 1.29 is 9.59 Å². The Balaban J connectivity index is 1.89. The van der Waals surface area contributed by atoms with Crippen molar-refractivity contribution in [3.63, 3.8) is 0 Å². The molecule has 1 aromatic carbocycles. The summed E-state index contributed by atoms with van der Waals surface area (Å²) in [5.41, 5.74) is 2.18. The van der Waals surface area contributed by atoms with Crippen LogP contribution in [-0.4, -0.2) is 59.4 Å². The summed E-state index contributed by atoms with van der Waals surface area (Å²) in [6.07, 6.45) is 1.59. The van der Waals surface area contributed by atoms with Gasteiger partial charge in [0.25, 0.3) is 5.91 Å². The number of carbonyl (C=O) groups excluding carboxylic acids is 2. The van der Waals surface area contributed by atoms with Crippen molar-refractivity contribution >= 4 is 22.8 Å². The molecule has 2 aromatic rings. The summed E-state index contributed by atoms with van der Waals surface area (Å²) in [6.45, 7) is 1.67. The molecule has 1 aromatic heterocycles. The zero-order valence-electron chi connectivity index (χ0n) is 11.7. The number of rotatable bonds is 2. The zero-order valence-corrected chi connectivity index (χ0v) is 11.7. The number of nitrogens with zero attached hydrogens (tertiary/aromatic N) is 2. The number of piperazine rings is 1. The van der Waals surface area contributed by atoms with Crippen LogP contribution >= 0.6 is 0 Å². The van der Waals surface area contributed by atoms with Crippen LogP contribution in [0.5, 0.6) is 0 Å². The molecule has 7 heteroatoms. The molecule has 0 radical (unpaired) electrons. The number of benzene rings is 1. The summed E-state index contributed by atoms with van der Waals surface area (Å²) in [4.78, 5) is 33.3. The molecule has 1 fully saturated rings. The highest BCUT2D eigenvalue weighted by atomic mass is 16.2. The molecule has 0 bridgehead atoms. The van der Waals surface area contributed by atoms with Gasteiger partial charge in [-0.05, 0) is 18.2 Å². The van der Waals surface area contributed by atoms with Crippen LogP contribution in [0.25, 0.3) is 11.0 Å². The number of nitrogens with one attached hydrogen (secondary N) is 3. The second-order valence-electron chi connectivity index (χ2n) is 4.97.